The Hall–Kier alpha value is -4.10. The summed E-state index contributed by atoms with van der Waals surface area (Å²) >= 11 is 0. The number of furan rings is 1. The molecule has 1 heteroatoms. The number of hydrogen-bond acceptors (Lipinski definition) is 1. The van der Waals surface area contributed by atoms with Gasteiger partial charge in [0.15, 0.2) is 0 Å². The van der Waals surface area contributed by atoms with E-state index < -0.39 is 0 Å². The Kier molecular flexibility index (Phi) is 7.23. The molecule has 0 atom stereocenters. The van der Waals surface area contributed by atoms with E-state index in [9.17, 15) is 0 Å². The van der Waals surface area contributed by atoms with Crippen LogP contribution in [0.4, 0.5) is 0 Å². The van der Waals surface area contributed by atoms with E-state index in [2.05, 4.69) is 137 Å². The summed E-state index contributed by atoms with van der Waals surface area (Å²) in [7, 11) is 0. The first-order chi connectivity index (χ1) is 18.1. The Morgan fingerprint density at radius 1 is 0.568 bits per heavy atom. The van der Waals surface area contributed by atoms with Crippen molar-refractivity contribution >= 4 is 21.9 Å². The van der Waals surface area contributed by atoms with Crippen molar-refractivity contribution in [1.29, 1.82) is 0 Å². The maximum Gasteiger partial charge on any atom is 0.139 e. The molecule has 0 aliphatic carbocycles. The molecule has 5 aromatic carbocycles. The summed E-state index contributed by atoms with van der Waals surface area (Å²) in [6, 6.07) is 41.1. The second-order valence-corrected chi connectivity index (χ2v) is 9.89. The van der Waals surface area contributed by atoms with Crippen LogP contribution in [0.15, 0.2) is 120 Å². The topological polar surface area (TPSA) is 13.1 Å². The van der Waals surface area contributed by atoms with Gasteiger partial charge in [0.25, 0.3) is 0 Å². The zero-order valence-corrected chi connectivity index (χ0v) is 22.2. The standard InChI is InChI=1S/C33H26O.C3H8/c1-22(2)28-18-19-29(32-30-16-6-7-17-31(30)34-33(28)32)27-15-9-14-26(21-27)25-13-8-12-24(20-25)23-10-4-3-5-11-23;1-3-2/h3-22H,1-2H3;3H2,1-2H3. The molecule has 0 aliphatic heterocycles. The lowest BCUT2D eigenvalue weighted by molar-refractivity contribution is 0.657. The van der Waals surface area contributed by atoms with Gasteiger partial charge < -0.3 is 4.42 Å². The van der Waals surface area contributed by atoms with Crippen LogP contribution in [0.1, 0.15) is 45.6 Å². The lowest BCUT2D eigenvalue weighted by Crippen LogP contribution is -1.90. The molecular weight excluding hydrogens is 448 g/mol. The molecule has 6 aromatic rings. The van der Waals surface area contributed by atoms with Crippen molar-refractivity contribution in [1.82, 2.24) is 0 Å². The second kappa shape index (κ2) is 10.9. The summed E-state index contributed by atoms with van der Waals surface area (Å²) in [6.45, 7) is 8.70. The molecule has 0 saturated carbocycles. The van der Waals surface area contributed by atoms with Crippen LogP contribution in [-0.4, -0.2) is 0 Å². The lowest BCUT2D eigenvalue weighted by atomic mass is 9.91. The van der Waals surface area contributed by atoms with E-state index in [-0.39, 0.29) is 0 Å². The third kappa shape index (κ3) is 4.95. The van der Waals surface area contributed by atoms with Gasteiger partial charge in [-0.05, 0) is 63.1 Å². The number of benzene rings is 5. The Balaban J connectivity index is 0.000000892. The summed E-state index contributed by atoms with van der Waals surface area (Å²) < 4.78 is 6.39. The van der Waals surface area contributed by atoms with Gasteiger partial charge in [0.2, 0.25) is 0 Å². The fourth-order valence-corrected chi connectivity index (χ4v) is 4.92. The van der Waals surface area contributed by atoms with E-state index in [1.807, 2.05) is 6.07 Å². The quantitative estimate of drug-likeness (QED) is 0.243. The predicted octanol–water partition coefficient (Wildman–Crippen LogP) is 11.1. The highest BCUT2D eigenvalue weighted by Gasteiger charge is 2.17. The van der Waals surface area contributed by atoms with Gasteiger partial charge in [-0.25, -0.2) is 0 Å². The molecular formula is C36H34O. The van der Waals surface area contributed by atoms with E-state index in [1.54, 1.807) is 0 Å². The minimum absolute atomic E-state index is 0.393. The van der Waals surface area contributed by atoms with Crippen molar-refractivity contribution in [2.75, 3.05) is 0 Å². The van der Waals surface area contributed by atoms with Crippen LogP contribution in [0.25, 0.3) is 55.3 Å². The van der Waals surface area contributed by atoms with Crippen LogP contribution in [-0.2, 0) is 0 Å². The van der Waals surface area contributed by atoms with Gasteiger partial charge in [-0.15, -0.1) is 0 Å². The monoisotopic (exact) mass is 482 g/mol. The largest absolute Gasteiger partial charge is 0.456 e. The van der Waals surface area contributed by atoms with Gasteiger partial charge in [0, 0.05) is 10.8 Å². The third-order valence-corrected chi connectivity index (χ3v) is 6.66. The fraction of sp³-hybridized carbons (Fsp3) is 0.167. The van der Waals surface area contributed by atoms with Gasteiger partial charge in [0.1, 0.15) is 11.2 Å². The molecule has 0 bridgehead atoms. The van der Waals surface area contributed by atoms with Crippen molar-refractivity contribution in [3.8, 4) is 33.4 Å². The molecule has 0 fully saturated rings. The predicted molar refractivity (Wildman–Crippen MR) is 160 cm³/mol. The van der Waals surface area contributed by atoms with Crippen LogP contribution >= 0.6 is 0 Å². The lowest BCUT2D eigenvalue weighted by Gasteiger charge is -2.12. The van der Waals surface area contributed by atoms with Gasteiger partial charge in [-0.2, -0.15) is 0 Å². The van der Waals surface area contributed by atoms with Crippen LogP contribution in [0, 0.1) is 0 Å². The van der Waals surface area contributed by atoms with Crippen LogP contribution in [0.3, 0.4) is 0 Å². The SMILES string of the molecule is CC(C)c1ccc(-c2cccc(-c3cccc(-c4ccccc4)c3)c2)c2c1oc1ccccc12.CCC. The zero-order valence-electron chi connectivity index (χ0n) is 22.2. The summed E-state index contributed by atoms with van der Waals surface area (Å²) in [5.74, 6) is 0.393. The highest BCUT2D eigenvalue weighted by molar-refractivity contribution is 6.13. The van der Waals surface area contributed by atoms with E-state index >= 15 is 0 Å². The fourth-order valence-electron chi connectivity index (χ4n) is 4.92. The van der Waals surface area contributed by atoms with E-state index in [4.69, 9.17) is 4.42 Å². The molecule has 0 radical (unpaired) electrons. The molecule has 0 amide bonds. The van der Waals surface area contributed by atoms with Crippen LogP contribution in [0.5, 0.6) is 0 Å². The third-order valence-electron chi connectivity index (χ3n) is 6.66. The molecule has 0 spiro atoms. The maximum atomic E-state index is 6.39. The first-order valence-electron chi connectivity index (χ1n) is 13.3. The molecule has 0 N–H and O–H groups in total. The molecule has 0 aliphatic rings. The number of para-hydroxylation sites is 1. The van der Waals surface area contributed by atoms with Crippen molar-refractivity contribution in [2.24, 2.45) is 0 Å². The van der Waals surface area contributed by atoms with E-state index in [1.165, 1.54) is 56.1 Å². The molecule has 184 valence electrons. The molecule has 0 saturated heterocycles. The number of rotatable bonds is 4. The van der Waals surface area contributed by atoms with Gasteiger partial charge in [0.05, 0.1) is 0 Å². The van der Waals surface area contributed by atoms with Gasteiger partial charge in [-0.1, -0.05) is 131 Å². The van der Waals surface area contributed by atoms with Crippen molar-refractivity contribution in [3.63, 3.8) is 0 Å². The normalized spacial score (nSPS) is 11.1. The van der Waals surface area contributed by atoms with E-state index in [0.717, 1.165) is 11.2 Å². The first-order valence-corrected chi connectivity index (χ1v) is 13.3. The molecule has 0 unspecified atom stereocenters. The highest BCUT2D eigenvalue weighted by atomic mass is 16.3. The summed E-state index contributed by atoms with van der Waals surface area (Å²) in [6.07, 6.45) is 1.25. The van der Waals surface area contributed by atoms with Gasteiger partial charge >= 0.3 is 0 Å². The minimum atomic E-state index is 0.393. The smallest absolute Gasteiger partial charge is 0.139 e. The first kappa shape index (κ1) is 24.6. The summed E-state index contributed by atoms with van der Waals surface area (Å²) in [4.78, 5) is 0. The number of hydrogen-bond donors (Lipinski definition) is 0. The Morgan fingerprint density at radius 2 is 1.11 bits per heavy atom. The second-order valence-electron chi connectivity index (χ2n) is 9.89. The number of fused-ring (bicyclic) bond motifs is 3. The Bertz CT molecular complexity index is 1640. The Morgan fingerprint density at radius 3 is 1.78 bits per heavy atom. The molecule has 6 rings (SSSR count). The maximum absolute atomic E-state index is 6.39. The zero-order chi connectivity index (χ0) is 25.8. The van der Waals surface area contributed by atoms with Crippen LogP contribution in [0.2, 0.25) is 0 Å². The summed E-state index contributed by atoms with van der Waals surface area (Å²) in [5.41, 5.74) is 10.5. The molecule has 1 aromatic heterocycles. The minimum Gasteiger partial charge on any atom is -0.456 e. The average Bonchev–Trinajstić information content (AvgIpc) is 3.33. The molecule has 1 nitrogen and oxygen atoms in total. The Labute approximate surface area is 220 Å². The summed E-state index contributed by atoms with van der Waals surface area (Å²) in [5, 5.41) is 2.38. The van der Waals surface area contributed by atoms with E-state index in [0.29, 0.717) is 5.92 Å². The van der Waals surface area contributed by atoms with Crippen molar-refractivity contribution in [2.45, 2.75) is 40.0 Å². The van der Waals surface area contributed by atoms with Crippen molar-refractivity contribution in [3.05, 3.63) is 121 Å². The highest BCUT2D eigenvalue weighted by Crippen LogP contribution is 2.41. The average molecular weight is 483 g/mol. The molecule has 37 heavy (non-hydrogen) atoms. The van der Waals surface area contributed by atoms with Crippen molar-refractivity contribution < 1.29 is 4.42 Å². The molecule has 1 heterocycles. The van der Waals surface area contributed by atoms with Gasteiger partial charge in [-0.3, -0.25) is 0 Å². The van der Waals surface area contributed by atoms with Crippen LogP contribution < -0.4 is 0 Å².